The van der Waals surface area contributed by atoms with Gasteiger partial charge in [-0.25, -0.2) is 0 Å². The van der Waals surface area contributed by atoms with Crippen LogP contribution in [0.15, 0.2) is 30.3 Å². The van der Waals surface area contributed by atoms with Crippen LogP contribution < -0.4 is 5.73 Å². The van der Waals surface area contributed by atoms with Gasteiger partial charge in [0.15, 0.2) is 0 Å². The molecule has 2 unspecified atom stereocenters. The van der Waals surface area contributed by atoms with Crippen LogP contribution in [0.4, 0.5) is 0 Å². The van der Waals surface area contributed by atoms with Gasteiger partial charge in [0, 0.05) is 6.54 Å². The Kier molecular flexibility index (Phi) is 3.90. The number of nitrogens with two attached hydrogens (primary N) is 1. The van der Waals surface area contributed by atoms with Gasteiger partial charge in [-0.1, -0.05) is 30.3 Å². The Morgan fingerprint density at radius 3 is 2.79 bits per heavy atom. The largest absolute Gasteiger partial charge is 0.330 e. The Bertz CT molecular complexity index is 403. The van der Waals surface area contributed by atoms with Crippen molar-refractivity contribution >= 4 is 0 Å². The summed E-state index contributed by atoms with van der Waals surface area (Å²) in [4.78, 5) is 2.64. The van der Waals surface area contributed by atoms with Crippen LogP contribution in [0, 0.1) is 11.3 Å². The summed E-state index contributed by atoms with van der Waals surface area (Å²) in [5.74, 6) is 0.939. The summed E-state index contributed by atoms with van der Waals surface area (Å²) in [5.41, 5.74) is 7.85. The Morgan fingerprint density at radius 1 is 1.16 bits per heavy atom. The van der Waals surface area contributed by atoms with E-state index in [0.29, 0.717) is 5.41 Å². The third-order valence-corrected chi connectivity index (χ3v) is 5.20. The van der Waals surface area contributed by atoms with E-state index in [9.17, 15) is 0 Å². The molecule has 0 aromatic heterocycles. The van der Waals surface area contributed by atoms with Crippen molar-refractivity contribution < 1.29 is 0 Å². The monoisotopic (exact) mass is 258 g/mol. The molecule has 1 heterocycles. The predicted molar refractivity (Wildman–Crippen MR) is 79.8 cm³/mol. The first-order valence-electron chi connectivity index (χ1n) is 7.79. The van der Waals surface area contributed by atoms with Crippen molar-refractivity contribution in [3.63, 3.8) is 0 Å². The lowest BCUT2D eigenvalue weighted by molar-refractivity contribution is 0.268. The molecule has 1 saturated carbocycles. The van der Waals surface area contributed by atoms with E-state index in [1.807, 2.05) is 0 Å². The molecule has 1 aliphatic heterocycles. The van der Waals surface area contributed by atoms with Crippen LogP contribution in [0.5, 0.6) is 0 Å². The Labute approximate surface area is 117 Å². The molecule has 19 heavy (non-hydrogen) atoms. The lowest BCUT2D eigenvalue weighted by Crippen LogP contribution is -2.24. The topological polar surface area (TPSA) is 29.3 Å². The van der Waals surface area contributed by atoms with Crippen LogP contribution in [-0.4, -0.2) is 24.5 Å². The SMILES string of the molecule is NCCC1CC12CCCN(Cc1ccccc1)CC2. The Hall–Kier alpha value is -0.860. The maximum absolute atomic E-state index is 5.72. The van der Waals surface area contributed by atoms with Gasteiger partial charge in [-0.15, -0.1) is 0 Å². The van der Waals surface area contributed by atoms with E-state index in [1.54, 1.807) is 0 Å². The standard InChI is InChI=1S/C17H26N2/c18-10-7-16-13-17(16)8-4-11-19(12-9-17)14-15-5-2-1-3-6-15/h1-3,5-6,16H,4,7-14,18H2. The second-order valence-electron chi connectivity index (χ2n) is 6.46. The molecule has 1 aromatic carbocycles. The minimum atomic E-state index is 0.685. The zero-order valence-electron chi connectivity index (χ0n) is 11.9. The highest BCUT2D eigenvalue weighted by Gasteiger charge is 2.52. The average molecular weight is 258 g/mol. The van der Waals surface area contributed by atoms with E-state index >= 15 is 0 Å². The zero-order chi connectivity index (χ0) is 13.1. The second-order valence-corrected chi connectivity index (χ2v) is 6.46. The van der Waals surface area contributed by atoms with Crippen molar-refractivity contribution in [3.8, 4) is 0 Å². The molecule has 1 aromatic rings. The van der Waals surface area contributed by atoms with Crippen molar-refractivity contribution in [3.05, 3.63) is 35.9 Å². The fourth-order valence-corrected chi connectivity index (χ4v) is 3.93. The molecule has 2 aliphatic rings. The summed E-state index contributed by atoms with van der Waals surface area (Å²) >= 11 is 0. The quantitative estimate of drug-likeness (QED) is 0.899. The van der Waals surface area contributed by atoms with Crippen molar-refractivity contribution in [1.29, 1.82) is 0 Å². The average Bonchev–Trinajstić information content (AvgIpc) is 3.15. The van der Waals surface area contributed by atoms with Crippen LogP contribution in [0.1, 0.15) is 37.7 Å². The summed E-state index contributed by atoms with van der Waals surface area (Å²) in [6.45, 7) is 4.54. The molecule has 1 saturated heterocycles. The van der Waals surface area contributed by atoms with Crippen LogP contribution in [0.25, 0.3) is 0 Å². The van der Waals surface area contributed by atoms with E-state index < -0.39 is 0 Å². The summed E-state index contributed by atoms with van der Waals surface area (Å²) in [5, 5.41) is 0. The molecule has 0 amide bonds. The molecule has 2 fully saturated rings. The number of hydrogen-bond acceptors (Lipinski definition) is 2. The molecule has 104 valence electrons. The van der Waals surface area contributed by atoms with E-state index in [2.05, 4.69) is 35.2 Å². The summed E-state index contributed by atoms with van der Waals surface area (Å²) in [7, 11) is 0. The van der Waals surface area contributed by atoms with Crippen molar-refractivity contribution in [2.75, 3.05) is 19.6 Å². The van der Waals surface area contributed by atoms with Gasteiger partial charge >= 0.3 is 0 Å². The maximum Gasteiger partial charge on any atom is 0.0233 e. The molecule has 1 aliphatic carbocycles. The summed E-state index contributed by atoms with van der Waals surface area (Å²) < 4.78 is 0. The molecular weight excluding hydrogens is 232 g/mol. The van der Waals surface area contributed by atoms with Gasteiger partial charge in [0.25, 0.3) is 0 Å². The highest BCUT2D eigenvalue weighted by Crippen LogP contribution is 2.60. The number of nitrogens with zero attached hydrogens (tertiary/aromatic N) is 1. The smallest absolute Gasteiger partial charge is 0.0233 e. The molecule has 2 nitrogen and oxygen atoms in total. The van der Waals surface area contributed by atoms with Crippen LogP contribution in [-0.2, 0) is 6.54 Å². The Morgan fingerprint density at radius 2 is 2.00 bits per heavy atom. The fraction of sp³-hybridized carbons (Fsp3) is 0.647. The molecule has 2 heteroatoms. The predicted octanol–water partition coefficient (Wildman–Crippen LogP) is 3.03. The van der Waals surface area contributed by atoms with Gasteiger partial charge in [-0.2, -0.15) is 0 Å². The van der Waals surface area contributed by atoms with E-state index in [-0.39, 0.29) is 0 Å². The van der Waals surface area contributed by atoms with Gasteiger partial charge in [0.05, 0.1) is 0 Å². The fourth-order valence-electron chi connectivity index (χ4n) is 3.93. The summed E-state index contributed by atoms with van der Waals surface area (Å²) in [6, 6.07) is 10.9. The first kappa shape index (κ1) is 13.1. The third kappa shape index (κ3) is 3.01. The highest BCUT2D eigenvalue weighted by atomic mass is 15.1. The zero-order valence-corrected chi connectivity index (χ0v) is 11.9. The first-order chi connectivity index (χ1) is 9.32. The lowest BCUT2D eigenvalue weighted by atomic mass is 9.93. The maximum atomic E-state index is 5.72. The number of benzene rings is 1. The van der Waals surface area contributed by atoms with Gasteiger partial charge in [-0.3, -0.25) is 4.90 Å². The lowest BCUT2D eigenvalue weighted by Gasteiger charge is -2.20. The molecule has 0 radical (unpaired) electrons. The van der Waals surface area contributed by atoms with Crippen LogP contribution in [0.2, 0.25) is 0 Å². The second kappa shape index (κ2) is 5.64. The highest BCUT2D eigenvalue weighted by molar-refractivity contribution is 5.14. The molecular formula is C17H26N2. The van der Waals surface area contributed by atoms with Gasteiger partial charge in [-0.05, 0) is 68.6 Å². The van der Waals surface area contributed by atoms with Gasteiger partial charge < -0.3 is 5.73 Å². The van der Waals surface area contributed by atoms with E-state index in [1.165, 1.54) is 50.8 Å². The van der Waals surface area contributed by atoms with Crippen LogP contribution in [0.3, 0.4) is 0 Å². The van der Waals surface area contributed by atoms with E-state index in [0.717, 1.165) is 19.0 Å². The first-order valence-corrected chi connectivity index (χ1v) is 7.79. The van der Waals surface area contributed by atoms with Crippen LogP contribution >= 0.6 is 0 Å². The van der Waals surface area contributed by atoms with Gasteiger partial charge in [0.1, 0.15) is 0 Å². The molecule has 3 rings (SSSR count). The van der Waals surface area contributed by atoms with Crippen molar-refractivity contribution in [1.82, 2.24) is 4.90 Å². The van der Waals surface area contributed by atoms with Gasteiger partial charge in [0.2, 0.25) is 0 Å². The number of rotatable bonds is 4. The summed E-state index contributed by atoms with van der Waals surface area (Å²) in [6.07, 6.45) is 6.89. The Balaban J connectivity index is 1.54. The minimum absolute atomic E-state index is 0.685. The van der Waals surface area contributed by atoms with Crippen molar-refractivity contribution in [2.45, 2.75) is 38.6 Å². The van der Waals surface area contributed by atoms with E-state index in [4.69, 9.17) is 5.73 Å². The third-order valence-electron chi connectivity index (χ3n) is 5.20. The molecule has 2 atom stereocenters. The number of hydrogen-bond donors (Lipinski definition) is 1. The number of likely N-dealkylation sites (tertiary alicyclic amines) is 1. The molecule has 2 N–H and O–H groups in total. The normalized spacial score (nSPS) is 31.3. The molecule has 0 bridgehead atoms. The van der Waals surface area contributed by atoms with Crippen molar-refractivity contribution in [2.24, 2.45) is 17.1 Å². The minimum Gasteiger partial charge on any atom is -0.330 e. The molecule has 1 spiro atoms.